The van der Waals surface area contributed by atoms with Crippen LogP contribution in [0, 0.1) is 11.8 Å². The highest BCUT2D eigenvalue weighted by Crippen LogP contribution is 2.31. The minimum Gasteiger partial charge on any atom is -0.444 e. The lowest BCUT2D eigenvalue weighted by Crippen LogP contribution is -2.42. The molecule has 1 N–H and O–H groups in total. The zero-order valence-corrected chi connectivity index (χ0v) is 19.1. The summed E-state index contributed by atoms with van der Waals surface area (Å²) in [4.78, 5) is 30.2. The average molecular weight is 460 g/mol. The molecule has 0 saturated heterocycles. The van der Waals surface area contributed by atoms with Crippen molar-refractivity contribution in [2.45, 2.75) is 59.7 Å². The number of halogens is 1. The van der Waals surface area contributed by atoms with Crippen molar-refractivity contribution in [3.8, 4) is 11.8 Å². The number of alkyl carbamates (subject to hydrolysis) is 1. The normalized spacial score (nSPS) is 11.3. The molecule has 0 aliphatic rings. The highest BCUT2D eigenvalue weighted by atomic mass is 79.9. The predicted octanol–water partition coefficient (Wildman–Crippen LogP) is 4.54. The number of amides is 2. The first kappa shape index (κ1) is 23.2. The summed E-state index contributed by atoms with van der Waals surface area (Å²) in [6.07, 6.45) is -1.10. The first-order chi connectivity index (χ1) is 12.3. The molecule has 1 aromatic rings. The molecule has 1 aromatic heterocycles. The van der Waals surface area contributed by atoms with E-state index < -0.39 is 23.4 Å². The molecule has 0 bridgehead atoms. The van der Waals surface area contributed by atoms with E-state index >= 15 is 0 Å². The quantitative estimate of drug-likeness (QED) is 0.668. The lowest BCUT2D eigenvalue weighted by Gasteiger charge is -2.26. The molecule has 150 valence electrons. The Bertz CT molecular complexity index is 739. The van der Waals surface area contributed by atoms with Crippen LogP contribution in [0.15, 0.2) is 3.79 Å². The molecule has 1 rings (SSSR count). The Balaban J connectivity index is 2.92. The summed E-state index contributed by atoms with van der Waals surface area (Å²) < 4.78 is 11.4. The number of hydrogen-bond donors (Lipinski definition) is 1. The van der Waals surface area contributed by atoms with Gasteiger partial charge in [-0.3, -0.25) is 4.90 Å². The lowest BCUT2D eigenvalue weighted by molar-refractivity contribution is 0.0513. The Labute approximate surface area is 172 Å². The van der Waals surface area contributed by atoms with E-state index in [-0.39, 0.29) is 13.1 Å². The molecule has 0 unspecified atom stereocenters. The highest BCUT2D eigenvalue weighted by molar-refractivity contribution is 9.11. The van der Waals surface area contributed by atoms with Crippen molar-refractivity contribution < 1.29 is 19.1 Å². The van der Waals surface area contributed by atoms with Gasteiger partial charge in [0.25, 0.3) is 0 Å². The van der Waals surface area contributed by atoms with E-state index in [4.69, 9.17) is 9.47 Å². The average Bonchev–Trinajstić information content (AvgIpc) is 2.81. The summed E-state index contributed by atoms with van der Waals surface area (Å²) in [5.41, 5.74) is -0.705. The van der Waals surface area contributed by atoms with Crippen LogP contribution >= 0.6 is 27.3 Å². The number of ether oxygens (including phenoxy) is 2. The maximum Gasteiger partial charge on any atom is 0.416 e. The number of hydrogen-bond acceptors (Lipinski definition) is 6. The number of carbonyl (C=O) groups is 2. The van der Waals surface area contributed by atoms with E-state index in [2.05, 4.69) is 38.1 Å². The first-order valence-electron chi connectivity index (χ1n) is 8.39. The van der Waals surface area contributed by atoms with E-state index in [1.54, 1.807) is 48.5 Å². The number of anilines is 1. The molecule has 0 aromatic carbocycles. The zero-order chi connectivity index (χ0) is 20.8. The van der Waals surface area contributed by atoms with Crippen molar-refractivity contribution in [1.29, 1.82) is 0 Å². The van der Waals surface area contributed by atoms with Crippen LogP contribution in [0.3, 0.4) is 0 Å². The molecule has 0 fully saturated rings. The van der Waals surface area contributed by atoms with Gasteiger partial charge in [0.05, 0.1) is 0 Å². The largest absolute Gasteiger partial charge is 0.444 e. The van der Waals surface area contributed by atoms with Crippen LogP contribution < -0.4 is 10.2 Å². The third-order valence-electron chi connectivity index (χ3n) is 2.67. The molecule has 2 amide bonds. The van der Waals surface area contributed by atoms with Gasteiger partial charge in [0, 0.05) is 13.1 Å². The van der Waals surface area contributed by atoms with Crippen molar-refractivity contribution in [3.63, 3.8) is 0 Å². The highest BCUT2D eigenvalue weighted by Gasteiger charge is 2.26. The van der Waals surface area contributed by atoms with Crippen LogP contribution in [0.4, 0.5) is 14.7 Å². The van der Waals surface area contributed by atoms with Crippen molar-refractivity contribution in [2.24, 2.45) is 0 Å². The number of nitrogens with zero attached hydrogens (tertiary/aromatic N) is 2. The molecule has 7 nitrogen and oxygen atoms in total. The van der Waals surface area contributed by atoms with Gasteiger partial charge in [-0.1, -0.05) is 17.3 Å². The second kappa shape index (κ2) is 9.42. The van der Waals surface area contributed by atoms with Gasteiger partial charge in [-0.2, -0.15) is 0 Å². The summed E-state index contributed by atoms with van der Waals surface area (Å²) in [6.45, 7) is 12.8. The van der Waals surface area contributed by atoms with Crippen LogP contribution in [0.25, 0.3) is 0 Å². The molecule has 0 saturated carbocycles. The van der Waals surface area contributed by atoms with E-state index in [9.17, 15) is 9.59 Å². The predicted molar refractivity (Wildman–Crippen MR) is 110 cm³/mol. The van der Waals surface area contributed by atoms with Crippen LogP contribution in [-0.4, -0.2) is 41.5 Å². The third kappa shape index (κ3) is 8.63. The second-order valence-corrected chi connectivity index (χ2v) is 9.85. The van der Waals surface area contributed by atoms with Crippen molar-refractivity contribution >= 4 is 44.6 Å². The second-order valence-electron chi connectivity index (χ2n) is 7.55. The summed E-state index contributed by atoms with van der Waals surface area (Å²) in [7, 11) is 0. The molecule has 0 radical (unpaired) electrons. The maximum absolute atomic E-state index is 12.6. The standard InChI is InChI=1S/C18H26BrN3O4S/c1-8-9-12-13(19)27-14(21-12)22(16(24)26-18(5,6)7)11-10-20-15(23)25-17(2,3)4/h10-11H2,1-7H3,(H,20,23). The SMILES string of the molecule is CC#Cc1nc(N(CCNC(=O)OC(C)(C)C)C(=O)OC(C)(C)C)sc1Br. The smallest absolute Gasteiger partial charge is 0.416 e. The third-order valence-corrected chi connectivity index (χ3v) is 4.39. The van der Waals surface area contributed by atoms with Gasteiger partial charge in [0.15, 0.2) is 5.13 Å². The number of nitrogens with one attached hydrogen (secondary N) is 1. The Kier molecular flexibility index (Phi) is 8.11. The monoisotopic (exact) mass is 459 g/mol. The van der Waals surface area contributed by atoms with E-state index in [1.807, 2.05) is 0 Å². The summed E-state index contributed by atoms with van der Waals surface area (Å²) >= 11 is 4.68. The summed E-state index contributed by atoms with van der Waals surface area (Å²) in [5.74, 6) is 5.65. The van der Waals surface area contributed by atoms with Crippen molar-refractivity contribution in [2.75, 3.05) is 18.0 Å². The zero-order valence-electron chi connectivity index (χ0n) is 16.7. The fraction of sp³-hybridized carbons (Fsp3) is 0.611. The van der Waals surface area contributed by atoms with Crippen LogP contribution in [0.5, 0.6) is 0 Å². The van der Waals surface area contributed by atoms with Crippen molar-refractivity contribution in [1.82, 2.24) is 10.3 Å². The van der Waals surface area contributed by atoms with Crippen LogP contribution in [0.1, 0.15) is 54.2 Å². The molecular weight excluding hydrogens is 434 g/mol. The minimum absolute atomic E-state index is 0.174. The molecule has 27 heavy (non-hydrogen) atoms. The molecule has 1 heterocycles. The van der Waals surface area contributed by atoms with E-state index in [0.717, 1.165) is 3.79 Å². The molecule has 9 heteroatoms. The molecular formula is C18H26BrN3O4S. The fourth-order valence-corrected chi connectivity index (χ4v) is 3.16. The number of rotatable bonds is 4. The lowest BCUT2D eigenvalue weighted by atomic mass is 10.2. The van der Waals surface area contributed by atoms with Gasteiger partial charge in [0.1, 0.15) is 20.7 Å². The maximum atomic E-state index is 12.6. The molecule has 0 aliphatic heterocycles. The number of carbonyl (C=O) groups excluding carboxylic acids is 2. The van der Waals surface area contributed by atoms with Gasteiger partial charge in [-0.15, -0.1) is 0 Å². The minimum atomic E-state index is -0.658. The number of thiazole rings is 1. The Morgan fingerprint density at radius 2 is 1.78 bits per heavy atom. The molecule has 0 atom stereocenters. The Hall–Kier alpha value is -1.79. The Morgan fingerprint density at radius 3 is 2.30 bits per heavy atom. The first-order valence-corrected chi connectivity index (χ1v) is 10.00. The van der Waals surface area contributed by atoms with E-state index in [1.165, 1.54) is 16.2 Å². The van der Waals surface area contributed by atoms with Crippen molar-refractivity contribution in [3.05, 3.63) is 9.48 Å². The molecule has 0 aliphatic carbocycles. The van der Waals surface area contributed by atoms with Gasteiger partial charge in [-0.05, 0) is 70.3 Å². The molecule has 0 spiro atoms. The van der Waals surface area contributed by atoms with E-state index in [0.29, 0.717) is 10.8 Å². The van der Waals surface area contributed by atoms with Gasteiger partial charge in [-0.25, -0.2) is 14.6 Å². The fourth-order valence-electron chi connectivity index (χ4n) is 1.77. The van der Waals surface area contributed by atoms with Gasteiger partial charge < -0.3 is 14.8 Å². The Morgan fingerprint density at radius 1 is 1.19 bits per heavy atom. The van der Waals surface area contributed by atoms with Crippen LogP contribution in [-0.2, 0) is 9.47 Å². The van der Waals surface area contributed by atoms with Crippen LogP contribution in [0.2, 0.25) is 0 Å². The van der Waals surface area contributed by atoms with Gasteiger partial charge >= 0.3 is 12.2 Å². The summed E-state index contributed by atoms with van der Waals surface area (Å²) in [6, 6.07) is 0. The summed E-state index contributed by atoms with van der Waals surface area (Å²) in [5, 5.41) is 3.06. The topological polar surface area (TPSA) is 80.8 Å². The number of aromatic nitrogens is 1. The van der Waals surface area contributed by atoms with Gasteiger partial charge in [0.2, 0.25) is 0 Å².